The first-order chi connectivity index (χ1) is 12.9. The van der Waals surface area contributed by atoms with Gasteiger partial charge in [-0.3, -0.25) is 9.59 Å². The number of carbonyl (C=O) groups excluding carboxylic acids is 3. The SMILES string of the molecule is Cc1ccc(C(=O)OCC(=O)N2c3ccccc3NC(=O)C[C@H]2C)c(C)c1. The van der Waals surface area contributed by atoms with E-state index in [1.165, 1.54) is 4.90 Å². The minimum absolute atomic E-state index is 0.155. The van der Waals surface area contributed by atoms with E-state index in [2.05, 4.69) is 5.32 Å². The summed E-state index contributed by atoms with van der Waals surface area (Å²) in [6.45, 7) is 5.18. The van der Waals surface area contributed by atoms with E-state index >= 15 is 0 Å². The predicted molar refractivity (Wildman–Crippen MR) is 103 cm³/mol. The van der Waals surface area contributed by atoms with Crippen molar-refractivity contribution in [1.82, 2.24) is 0 Å². The summed E-state index contributed by atoms with van der Waals surface area (Å²) in [6, 6.07) is 12.2. The van der Waals surface area contributed by atoms with E-state index < -0.39 is 5.97 Å². The Morgan fingerprint density at radius 3 is 2.67 bits per heavy atom. The quantitative estimate of drug-likeness (QED) is 0.847. The fourth-order valence-corrected chi connectivity index (χ4v) is 3.29. The van der Waals surface area contributed by atoms with Crippen molar-refractivity contribution in [1.29, 1.82) is 0 Å². The molecule has 0 saturated carbocycles. The van der Waals surface area contributed by atoms with Crippen molar-refractivity contribution in [3.8, 4) is 0 Å². The maximum absolute atomic E-state index is 12.8. The Morgan fingerprint density at radius 1 is 1.19 bits per heavy atom. The summed E-state index contributed by atoms with van der Waals surface area (Å²) < 4.78 is 5.26. The number of esters is 1. The highest BCUT2D eigenvalue weighted by Gasteiger charge is 2.30. The van der Waals surface area contributed by atoms with E-state index in [4.69, 9.17) is 4.74 Å². The molecule has 1 aliphatic heterocycles. The Balaban J connectivity index is 1.77. The number of rotatable bonds is 3. The average molecular weight is 366 g/mol. The van der Waals surface area contributed by atoms with Gasteiger partial charge < -0.3 is 15.0 Å². The van der Waals surface area contributed by atoms with Crippen LogP contribution in [0.2, 0.25) is 0 Å². The highest BCUT2D eigenvalue weighted by atomic mass is 16.5. The van der Waals surface area contributed by atoms with E-state index in [-0.39, 0.29) is 30.9 Å². The van der Waals surface area contributed by atoms with Crippen molar-refractivity contribution in [2.75, 3.05) is 16.8 Å². The van der Waals surface area contributed by atoms with Crippen LogP contribution in [0.25, 0.3) is 0 Å². The van der Waals surface area contributed by atoms with Crippen molar-refractivity contribution < 1.29 is 19.1 Å². The molecule has 6 heteroatoms. The van der Waals surface area contributed by atoms with Crippen LogP contribution in [0.4, 0.5) is 11.4 Å². The van der Waals surface area contributed by atoms with Crippen molar-refractivity contribution >= 4 is 29.2 Å². The molecule has 0 saturated heterocycles. The molecule has 2 amide bonds. The van der Waals surface area contributed by atoms with Gasteiger partial charge in [-0.1, -0.05) is 29.8 Å². The van der Waals surface area contributed by atoms with Gasteiger partial charge in [0.1, 0.15) is 0 Å². The number of nitrogens with zero attached hydrogens (tertiary/aromatic N) is 1. The Kier molecular flexibility index (Phi) is 5.26. The molecular formula is C21H22N2O4. The number of aryl methyl sites for hydroxylation is 2. The predicted octanol–water partition coefficient (Wildman–Crippen LogP) is 3.22. The minimum Gasteiger partial charge on any atom is -0.452 e. The van der Waals surface area contributed by atoms with Gasteiger partial charge in [0.25, 0.3) is 5.91 Å². The van der Waals surface area contributed by atoms with Gasteiger partial charge in [0.05, 0.1) is 16.9 Å². The number of nitrogens with one attached hydrogen (secondary N) is 1. The molecule has 1 heterocycles. The Hall–Kier alpha value is -3.15. The topological polar surface area (TPSA) is 75.7 Å². The van der Waals surface area contributed by atoms with Crippen molar-refractivity contribution in [2.24, 2.45) is 0 Å². The number of hydrogen-bond acceptors (Lipinski definition) is 4. The first-order valence-electron chi connectivity index (χ1n) is 8.82. The van der Waals surface area contributed by atoms with Gasteiger partial charge in [-0.25, -0.2) is 4.79 Å². The highest BCUT2D eigenvalue weighted by Crippen LogP contribution is 2.31. The molecule has 3 rings (SSSR count). The molecule has 0 fully saturated rings. The Labute approximate surface area is 158 Å². The standard InChI is InChI=1S/C21H22N2O4/c1-13-8-9-16(14(2)10-13)21(26)27-12-20(25)23-15(3)11-19(24)22-17-6-4-5-7-18(17)23/h4-10,15H,11-12H2,1-3H3,(H,22,24)/t15-/m1/s1. The summed E-state index contributed by atoms with van der Waals surface area (Å²) in [4.78, 5) is 38.7. The molecule has 27 heavy (non-hydrogen) atoms. The molecule has 0 unspecified atom stereocenters. The zero-order valence-corrected chi connectivity index (χ0v) is 15.6. The number of amides is 2. The first-order valence-corrected chi connectivity index (χ1v) is 8.82. The lowest BCUT2D eigenvalue weighted by Gasteiger charge is -2.27. The second-order valence-electron chi connectivity index (χ2n) is 6.78. The number of para-hydroxylation sites is 2. The normalized spacial score (nSPS) is 16.2. The summed E-state index contributed by atoms with van der Waals surface area (Å²) >= 11 is 0. The van der Waals surface area contributed by atoms with Crippen molar-refractivity contribution in [3.63, 3.8) is 0 Å². The summed E-state index contributed by atoms with van der Waals surface area (Å²) in [5, 5.41) is 2.80. The molecule has 0 radical (unpaired) electrons. The minimum atomic E-state index is -0.536. The van der Waals surface area contributed by atoms with Crippen LogP contribution < -0.4 is 10.2 Å². The highest BCUT2D eigenvalue weighted by molar-refractivity contribution is 6.05. The average Bonchev–Trinajstić information content (AvgIpc) is 2.73. The molecule has 6 nitrogen and oxygen atoms in total. The molecule has 0 aliphatic carbocycles. The van der Waals surface area contributed by atoms with E-state index in [1.54, 1.807) is 37.3 Å². The molecule has 140 valence electrons. The fraction of sp³-hybridized carbons (Fsp3) is 0.286. The van der Waals surface area contributed by atoms with Gasteiger partial charge in [-0.2, -0.15) is 0 Å². The summed E-state index contributed by atoms with van der Waals surface area (Å²) in [5.41, 5.74) is 3.46. The molecule has 1 aliphatic rings. The van der Waals surface area contributed by atoms with Crippen LogP contribution >= 0.6 is 0 Å². The van der Waals surface area contributed by atoms with Crippen LogP contribution in [0.15, 0.2) is 42.5 Å². The lowest BCUT2D eigenvalue weighted by molar-refractivity contribution is -0.122. The van der Waals surface area contributed by atoms with E-state index in [0.29, 0.717) is 16.9 Å². The maximum atomic E-state index is 12.8. The third-order valence-corrected chi connectivity index (χ3v) is 4.56. The van der Waals surface area contributed by atoms with Gasteiger partial charge in [-0.05, 0) is 44.5 Å². The van der Waals surface area contributed by atoms with Crippen molar-refractivity contribution in [2.45, 2.75) is 33.2 Å². The van der Waals surface area contributed by atoms with Crippen LogP contribution in [0, 0.1) is 13.8 Å². The van der Waals surface area contributed by atoms with Gasteiger partial charge in [0, 0.05) is 12.5 Å². The van der Waals surface area contributed by atoms with Gasteiger partial charge >= 0.3 is 5.97 Å². The molecule has 0 spiro atoms. The second kappa shape index (κ2) is 7.61. The van der Waals surface area contributed by atoms with Crippen molar-refractivity contribution in [3.05, 3.63) is 59.2 Å². The Morgan fingerprint density at radius 2 is 1.93 bits per heavy atom. The van der Waals surface area contributed by atoms with E-state index in [0.717, 1.165) is 11.1 Å². The van der Waals surface area contributed by atoms with E-state index in [9.17, 15) is 14.4 Å². The summed E-state index contributed by atoms with van der Waals surface area (Å²) in [5.74, 6) is -1.06. The third kappa shape index (κ3) is 4.00. The maximum Gasteiger partial charge on any atom is 0.338 e. The van der Waals surface area contributed by atoms with Crippen LogP contribution in [0.5, 0.6) is 0 Å². The molecule has 0 aromatic heterocycles. The van der Waals surface area contributed by atoms with Crippen LogP contribution in [0.3, 0.4) is 0 Å². The Bertz CT molecular complexity index is 907. The smallest absolute Gasteiger partial charge is 0.338 e. The summed E-state index contributed by atoms with van der Waals surface area (Å²) in [7, 11) is 0. The van der Waals surface area contributed by atoms with Crippen LogP contribution in [0.1, 0.15) is 34.8 Å². The lowest BCUT2D eigenvalue weighted by Crippen LogP contribution is -2.41. The second-order valence-corrected chi connectivity index (χ2v) is 6.78. The van der Waals surface area contributed by atoms with Gasteiger partial charge in [-0.15, -0.1) is 0 Å². The fourth-order valence-electron chi connectivity index (χ4n) is 3.29. The number of carbonyl (C=O) groups is 3. The van der Waals surface area contributed by atoms with Gasteiger partial charge in [0.15, 0.2) is 6.61 Å². The van der Waals surface area contributed by atoms with Crippen LogP contribution in [-0.4, -0.2) is 30.4 Å². The van der Waals surface area contributed by atoms with Gasteiger partial charge in [0.2, 0.25) is 5.91 Å². The number of anilines is 2. The monoisotopic (exact) mass is 366 g/mol. The molecular weight excluding hydrogens is 344 g/mol. The number of benzene rings is 2. The third-order valence-electron chi connectivity index (χ3n) is 4.56. The molecule has 1 atom stereocenters. The zero-order chi connectivity index (χ0) is 19.6. The molecule has 1 N–H and O–H groups in total. The number of fused-ring (bicyclic) bond motifs is 1. The van der Waals surface area contributed by atoms with Crippen LogP contribution in [-0.2, 0) is 14.3 Å². The molecule has 2 aromatic rings. The summed E-state index contributed by atoms with van der Waals surface area (Å²) in [6.07, 6.45) is 0.172. The largest absolute Gasteiger partial charge is 0.452 e. The number of hydrogen-bond donors (Lipinski definition) is 1. The zero-order valence-electron chi connectivity index (χ0n) is 15.6. The number of ether oxygens (including phenoxy) is 1. The first kappa shape index (κ1) is 18.6. The molecule has 2 aromatic carbocycles. The lowest BCUT2D eigenvalue weighted by atomic mass is 10.1. The molecule has 0 bridgehead atoms. The van der Waals surface area contributed by atoms with E-state index in [1.807, 2.05) is 26.0 Å².